The molecular formula is C18H19NO7S2. The fourth-order valence-corrected chi connectivity index (χ4v) is 5.68. The first-order chi connectivity index (χ1) is 12.9. The zero-order valence-electron chi connectivity index (χ0n) is 15.8. The summed E-state index contributed by atoms with van der Waals surface area (Å²) < 4.78 is 34.1. The molecule has 0 N–H and O–H groups in total. The second-order valence-corrected chi connectivity index (χ2v) is 10.6. The van der Waals surface area contributed by atoms with Gasteiger partial charge in [-0.05, 0) is 24.3 Å². The Hall–Kier alpha value is -2.33. The van der Waals surface area contributed by atoms with Crippen LogP contribution in [0.4, 0.5) is 0 Å². The summed E-state index contributed by atoms with van der Waals surface area (Å²) in [4.78, 5) is 37.5. The maximum absolute atomic E-state index is 13.0. The molecule has 8 nitrogen and oxygen atoms in total. The highest BCUT2D eigenvalue weighted by Crippen LogP contribution is 2.43. The largest absolute Gasteiger partial charge is 0.461 e. The molecule has 10 heteroatoms. The number of aromatic nitrogens is 1. The van der Waals surface area contributed by atoms with Gasteiger partial charge >= 0.3 is 5.97 Å². The summed E-state index contributed by atoms with van der Waals surface area (Å²) in [5.74, 6) is -1.87. The van der Waals surface area contributed by atoms with Crippen molar-refractivity contribution in [2.45, 2.75) is 37.8 Å². The molecule has 2 aromatic heterocycles. The van der Waals surface area contributed by atoms with Crippen LogP contribution in [0, 0.1) is 5.41 Å². The van der Waals surface area contributed by atoms with Gasteiger partial charge in [0.25, 0.3) is 0 Å². The molecule has 1 aliphatic rings. The third-order valence-corrected chi connectivity index (χ3v) is 7.37. The van der Waals surface area contributed by atoms with Crippen molar-refractivity contribution in [1.29, 1.82) is 0 Å². The number of Topliss-reactive ketones (excluding diaryl/α,β-unsaturated/α-hetero) is 1. The molecule has 0 amide bonds. The number of carbonyl (C=O) groups is 3. The molecule has 0 aliphatic heterocycles. The van der Waals surface area contributed by atoms with E-state index in [0.29, 0.717) is 12.0 Å². The first kappa shape index (κ1) is 20.4. The highest BCUT2D eigenvalue weighted by molar-refractivity contribution is 7.92. The highest BCUT2D eigenvalue weighted by Gasteiger charge is 2.40. The van der Waals surface area contributed by atoms with Crippen molar-refractivity contribution in [3.63, 3.8) is 0 Å². The van der Waals surface area contributed by atoms with Crippen molar-refractivity contribution < 1.29 is 32.1 Å². The first-order valence-corrected chi connectivity index (χ1v) is 11.2. The van der Waals surface area contributed by atoms with Crippen LogP contribution in [0.3, 0.4) is 0 Å². The van der Waals surface area contributed by atoms with Gasteiger partial charge in [0.05, 0.1) is 17.0 Å². The van der Waals surface area contributed by atoms with Crippen LogP contribution in [-0.2, 0) is 21.0 Å². The van der Waals surface area contributed by atoms with Crippen LogP contribution in [-0.4, -0.2) is 44.0 Å². The van der Waals surface area contributed by atoms with Crippen LogP contribution in [0.2, 0.25) is 0 Å². The van der Waals surface area contributed by atoms with E-state index in [2.05, 4.69) is 5.16 Å². The van der Waals surface area contributed by atoms with E-state index in [9.17, 15) is 22.8 Å². The Labute approximate surface area is 165 Å². The lowest BCUT2D eigenvalue weighted by Crippen LogP contribution is -2.28. The van der Waals surface area contributed by atoms with Crippen LogP contribution < -0.4 is 0 Å². The van der Waals surface area contributed by atoms with E-state index in [4.69, 9.17) is 9.26 Å². The SMILES string of the molecule is CCOC(=O)c1cc(C(=O)c2sc(S(C)(=O)=O)c3c2CC(C)(C)CC3=O)on1. The first-order valence-electron chi connectivity index (χ1n) is 8.52. The summed E-state index contributed by atoms with van der Waals surface area (Å²) >= 11 is 0.755. The molecule has 28 heavy (non-hydrogen) atoms. The normalized spacial score (nSPS) is 15.9. The van der Waals surface area contributed by atoms with Crippen molar-refractivity contribution in [3.8, 4) is 0 Å². The van der Waals surface area contributed by atoms with Crippen molar-refractivity contribution in [1.82, 2.24) is 5.16 Å². The van der Waals surface area contributed by atoms with E-state index >= 15 is 0 Å². The van der Waals surface area contributed by atoms with Gasteiger partial charge in [0, 0.05) is 18.7 Å². The Kier molecular flexibility index (Phi) is 5.05. The van der Waals surface area contributed by atoms with Gasteiger partial charge in [-0.3, -0.25) is 9.59 Å². The Morgan fingerprint density at radius 1 is 1.32 bits per heavy atom. The fraction of sp³-hybridized carbons (Fsp3) is 0.444. The van der Waals surface area contributed by atoms with Crippen LogP contribution in [0.15, 0.2) is 14.8 Å². The van der Waals surface area contributed by atoms with Crippen molar-refractivity contribution in [2.24, 2.45) is 5.41 Å². The van der Waals surface area contributed by atoms with Crippen molar-refractivity contribution >= 4 is 38.7 Å². The minimum atomic E-state index is -3.70. The van der Waals surface area contributed by atoms with Gasteiger partial charge in [-0.25, -0.2) is 13.2 Å². The molecule has 0 aromatic carbocycles. The van der Waals surface area contributed by atoms with E-state index in [1.807, 2.05) is 13.8 Å². The minimum absolute atomic E-state index is 0.0975. The number of nitrogens with zero attached hydrogens (tertiary/aromatic N) is 1. The number of ketones is 2. The summed E-state index contributed by atoms with van der Waals surface area (Å²) in [6.45, 7) is 5.54. The Morgan fingerprint density at radius 2 is 2.00 bits per heavy atom. The number of carbonyl (C=O) groups excluding carboxylic acids is 3. The number of fused-ring (bicyclic) bond motifs is 1. The summed E-state index contributed by atoms with van der Waals surface area (Å²) in [5.41, 5.74) is -0.0617. The van der Waals surface area contributed by atoms with E-state index in [1.165, 1.54) is 0 Å². The highest BCUT2D eigenvalue weighted by atomic mass is 32.2. The zero-order valence-corrected chi connectivity index (χ0v) is 17.5. The van der Waals surface area contributed by atoms with Gasteiger partial charge < -0.3 is 9.26 Å². The average Bonchev–Trinajstić information content (AvgIpc) is 3.17. The van der Waals surface area contributed by atoms with Crippen molar-refractivity contribution in [2.75, 3.05) is 12.9 Å². The summed E-state index contributed by atoms with van der Waals surface area (Å²) in [6, 6.07) is 1.16. The minimum Gasteiger partial charge on any atom is -0.461 e. The third kappa shape index (κ3) is 3.66. The molecule has 3 rings (SSSR count). The Bertz CT molecular complexity index is 1090. The lowest BCUT2D eigenvalue weighted by molar-refractivity contribution is 0.0514. The Balaban J connectivity index is 2.11. The van der Waals surface area contributed by atoms with E-state index in [0.717, 1.165) is 23.7 Å². The lowest BCUT2D eigenvalue weighted by Gasteiger charge is -2.29. The standard InChI is InChI=1S/C18H19NO7S2/c1-5-25-16(22)10-6-12(26-19-10)14(21)15-9-7-18(2,3)8-11(20)13(9)17(27-15)28(4,23)24/h6H,5,7-8H2,1-4H3. The second kappa shape index (κ2) is 6.93. The van der Waals surface area contributed by atoms with Gasteiger partial charge in [-0.1, -0.05) is 19.0 Å². The van der Waals surface area contributed by atoms with Gasteiger partial charge in [0.1, 0.15) is 4.21 Å². The summed E-state index contributed by atoms with van der Waals surface area (Å²) in [5, 5.41) is 3.54. The maximum Gasteiger partial charge on any atom is 0.360 e. The zero-order chi connectivity index (χ0) is 20.9. The third-order valence-electron chi connectivity index (χ3n) is 4.31. The molecule has 1 aliphatic carbocycles. The number of hydrogen-bond donors (Lipinski definition) is 0. The van der Waals surface area contributed by atoms with Gasteiger partial charge in [-0.15, -0.1) is 11.3 Å². The van der Waals surface area contributed by atoms with Gasteiger partial charge in [0.15, 0.2) is 21.3 Å². The number of thiophene rings is 1. The maximum atomic E-state index is 13.0. The molecule has 0 fully saturated rings. The fourth-order valence-electron chi connectivity index (χ4n) is 3.20. The van der Waals surface area contributed by atoms with Crippen LogP contribution in [0.25, 0.3) is 0 Å². The number of ether oxygens (including phenoxy) is 1. The molecule has 0 saturated heterocycles. The lowest BCUT2D eigenvalue weighted by atomic mass is 9.74. The van der Waals surface area contributed by atoms with E-state index in [-0.39, 0.29) is 44.9 Å². The van der Waals surface area contributed by atoms with Gasteiger partial charge in [0.2, 0.25) is 11.5 Å². The molecule has 0 saturated carbocycles. The molecule has 0 unspecified atom stereocenters. The molecule has 0 atom stereocenters. The van der Waals surface area contributed by atoms with Crippen molar-refractivity contribution in [3.05, 3.63) is 33.5 Å². The molecular weight excluding hydrogens is 406 g/mol. The quantitative estimate of drug-likeness (QED) is 0.529. The van der Waals surface area contributed by atoms with Crippen LogP contribution in [0.1, 0.15) is 69.0 Å². The smallest absolute Gasteiger partial charge is 0.360 e. The average molecular weight is 425 g/mol. The van der Waals surface area contributed by atoms with Crippen LogP contribution in [0.5, 0.6) is 0 Å². The molecule has 0 spiro atoms. The topological polar surface area (TPSA) is 121 Å². The van der Waals surface area contributed by atoms with Crippen LogP contribution >= 0.6 is 11.3 Å². The summed E-state index contributed by atoms with van der Waals surface area (Å²) in [7, 11) is -3.70. The number of sulfone groups is 1. The monoisotopic (exact) mass is 425 g/mol. The molecule has 0 radical (unpaired) electrons. The second-order valence-electron chi connectivity index (χ2n) is 7.41. The molecule has 2 aromatic rings. The van der Waals surface area contributed by atoms with E-state index in [1.54, 1.807) is 6.92 Å². The predicted molar refractivity (Wildman–Crippen MR) is 99.8 cm³/mol. The molecule has 2 heterocycles. The summed E-state index contributed by atoms with van der Waals surface area (Å²) in [6.07, 6.45) is 1.58. The number of hydrogen-bond acceptors (Lipinski definition) is 9. The molecule has 0 bridgehead atoms. The number of esters is 1. The van der Waals surface area contributed by atoms with E-state index < -0.39 is 27.0 Å². The Morgan fingerprint density at radius 3 is 2.61 bits per heavy atom. The predicted octanol–water partition coefficient (Wildman–Crippen LogP) is 2.70. The van der Waals surface area contributed by atoms with Gasteiger partial charge in [-0.2, -0.15) is 0 Å². The number of rotatable bonds is 5. The molecule has 150 valence electrons.